The Labute approximate surface area is 251 Å². The van der Waals surface area contributed by atoms with Crippen LogP contribution in [0, 0.1) is 24.4 Å². The minimum Gasteiger partial charge on any atom is -0.507 e. The molecule has 4 heterocycles. The van der Waals surface area contributed by atoms with E-state index in [1.807, 2.05) is 25.7 Å². The molecule has 6 rings (SSSR count). The number of nitrogens with zero attached hydrogens (tertiary/aromatic N) is 4. The highest BCUT2D eigenvalue weighted by molar-refractivity contribution is 6.00. The average Bonchev–Trinajstić information content (AvgIpc) is 2.98. The van der Waals surface area contributed by atoms with Gasteiger partial charge in [0.15, 0.2) is 5.82 Å². The number of fused-ring (bicyclic) bond motifs is 5. The molecule has 2 atom stereocenters. The van der Waals surface area contributed by atoms with Crippen molar-refractivity contribution in [3.8, 4) is 28.3 Å². The Morgan fingerprint density at radius 2 is 1.89 bits per heavy atom. The number of halogens is 3. The first-order chi connectivity index (χ1) is 21.0. The minimum atomic E-state index is -1.23. The van der Waals surface area contributed by atoms with Crippen molar-refractivity contribution in [3.63, 3.8) is 0 Å². The van der Waals surface area contributed by atoms with Gasteiger partial charge in [-0.05, 0) is 55.7 Å². The zero-order valence-electron chi connectivity index (χ0n) is 24.7. The highest BCUT2D eigenvalue weighted by atomic mass is 19.1. The van der Waals surface area contributed by atoms with Gasteiger partial charge in [-0.15, -0.1) is 0 Å². The third-order valence-corrected chi connectivity index (χ3v) is 8.46. The molecule has 2 aromatic heterocycles. The molecule has 2 aliphatic heterocycles. The predicted octanol–water partition coefficient (Wildman–Crippen LogP) is 5.59. The van der Waals surface area contributed by atoms with Crippen LogP contribution in [-0.4, -0.2) is 57.2 Å². The number of ether oxygens (including phenoxy) is 1. The van der Waals surface area contributed by atoms with Crippen molar-refractivity contribution in [3.05, 3.63) is 88.2 Å². The first-order valence-corrected chi connectivity index (χ1v) is 14.3. The van der Waals surface area contributed by atoms with Crippen molar-refractivity contribution < 1.29 is 27.8 Å². The summed E-state index contributed by atoms with van der Waals surface area (Å²) < 4.78 is 55.4. The van der Waals surface area contributed by atoms with Crippen LogP contribution < -0.4 is 15.2 Å². The number of rotatable bonds is 4. The summed E-state index contributed by atoms with van der Waals surface area (Å²) in [6.07, 6.45) is 2.82. The van der Waals surface area contributed by atoms with Gasteiger partial charge < -0.3 is 19.6 Å². The van der Waals surface area contributed by atoms with Gasteiger partial charge in [-0.2, -0.15) is 0 Å². The minimum absolute atomic E-state index is 0.0209. The number of aryl methyl sites for hydroxylation is 1. The standard InChI is InChI=1S/C33H31F3N4O4/c1-6-24(42)38-14-19-15-44-32-31(39(19)13-18(38)5)20-12-22(35)26(25-21(34)8-7-9-23(25)41)27(36)30(20)40(33(32)43)29-17(4)10-11-37-28(29)16(2)3/h6-12,16,18-19,41H,1,13-15H2,2-5H3/t18-,19-/m1/s1. The molecule has 0 unspecified atom stereocenters. The SMILES string of the molecule is C=CC(=O)N1C[C@@H]2COc3c(c4cc(F)c(-c5c(O)cccc5F)c(F)c4n(-c4c(C)ccnc4C(C)C)c3=O)N2C[C@H]1C. The van der Waals surface area contributed by atoms with Gasteiger partial charge in [0.25, 0.3) is 5.56 Å². The highest BCUT2D eigenvalue weighted by Gasteiger charge is 2.41. The van der Waals surface area contributed by atoms with E-state index in [-0.39, 0.29) is 59.9 Å². The summed E-state index contributed by atoms with van der Waals surface area (Å²) in [6.45, 7) is 11.5. The van der Waals surface area contributed by atoms with E-state index in [1.165, 1.54) is 12.1 Å². The first kappa shape index (κ1) is 29.3. The van der Waals surface area contributed by atoms with E-state index in [0.29, 0.717) is 16.9 Å². The van der Waals surface area contributed by atoms with Crippen molar-refractivity contribution in [1.29, 1.82) is 0 Å². The first-order valence-electron chi connectivity index (χ1n) is 14.3. The van der Waals surface area contributed by atoms with E-state index < -0.39 is 45.9 Å². The third-order valence-electron chi connectivity index (χ3n) is 8.46. The van der Waals surface area contributed by atoms with E-state index >= 15 is 13.2 Å². The Morgan fingerprint density at radius 3 is 2.57 bits per heavy atom. The number of hydrogen-bond acceptors (Lipinski definition) is 6. The molecule has 11 heteroatoms. The monoisotopic (exact) mass is 604 g/mol. The van der Waals surface area contributed by atoms with E-state index in [4.69, 9.17) is 4.74 Å². The number of hydrogen-bond donors (Lipinski definition) is 1. The molecular weight excluding hydrogens is 573 g/mol. The molecule has 1 saturated heterocycles. The number of amides is 1. The highest BCUT2D eigenvalue weighted by Crippen LogP contribution is 2.45. The maximum Gasteiger partial charge on any atom is 0.300 e. The number of phenols is 1. The summed E-state index contributed by atoms with van der Waals surface area (Å²) in [5, 5.41) is 10.5. The number of piperazine rings is 1. The van der Waals surface area contributed by atoms with Crippen LogP contribution in [0.5, 0.6) is 11.5 Å². The molecule has 0 aliphatic carbocycles. The van der Waals surface area contributed by atoms with Crippen LogP contribution in [0.3, 0.4) is 0 Å². The fraction of sp³-hybridized carbons (Fsp3) is 0.303. The van der Waals surface area contributed by atoms with Crippen LogP contribution in [0.25, 0.3) is 27.7 Å². The second-order valence-corrected chi connectivity index (χ2v) is 11.6. The van der Waals surface area contributed by atoms with Gasteiger partial charge in [0.1, 0.15) is 24.0 Å². The van der Waals surface area contributed by atoms with Crippen molar-refractivity contribution in [1.82, 2.24) is 14.5 Å². The molecule has 1 N–H and O–H groups in total. The Morgan fingerprint density at radius 1 is 1.14 bits per heavy atom. The number of carbonyl (C=O) groups is 1. The largest absolute Gasteiger partial charge is 0.507 e. The molecule has 1 amide bonds. The zero-order chi connectivity index (χ0) is 31.6. The van der Waals surface area contributed by atoms with E-state index in [0.717, 1.165) is 22.8 Å². The topological polar surface area (TPSA) is 87.9 Å². The van der Waals surface area contributed by atoms with Crippen molar-refractivity contribution in [2.45, 2.75) is 45.7 Å². The fourth-order valence-corrected chi connectivity index (χ4v) is 6.40. The Balaban J connectivity index is 1.75. The molecule has 1 fully saturated rings. The Bertz CT molecular complexity index is 1900. The molecule has 44 heavy (non-hydrogen) atoms. The predicted molar refractivity (Wildman–Crippen MR) is 161 cm³/mol. The van der Waals surface area contributed by atoms with Crippen LogP contribution in [0.2, 0.25) is 0 Å². The number of pyridine rings is 2. The second-order valence-electron chi connectivity index (χ2n) is 11.6. The molecule has 2 aliphatic rings. The second kappa shape index (κ2) is 10.7. The van der Waals surface area contributed by atoms with Gasteiger partial charge in [0.05, 0.1) is 39.8 Å². The molecule has 0 bridgehead atoms. The number of anilines is 1. The molecule has 0 radical (unpaired) electrons. The van der Waals surface area contributed by atoms with E-state index in [2.05, 4.69) is 11.6 Å². The maximum absolute atomic E-state index is 17.0. The van der Waals surface area contributed by atoms with Crippen molar-refractivity contribution >= 4 is 22.5 Å². The summed E-state index contributed by atoms with van der Waals surface area (Å²) in [5.74, 6) is -4.60. The molecule has 228 valence electrons. The molecule has 4 aromatic rings. The smallest absolute Gasteiger partial charge is 0.300 e. The van der Waals surface area contributed by atoms with Gasteiger partial charge in [-0.25, -0.2) is 13.2 Å². The number of carbonyl (C=O) groups excluding carboxylic acids is 1. The van der Waals surface area contributed by atoms with Crippen LogP contribution >= 0.6 is 0 Å². The lowest BCUT2D eigenvalue weighted by Crippen LogP contribution is -2.62. The Kier molecular flexibility index (Phi) is 7.14. The summed E-state index contributed by atoms with van der Waals surface area (Å²) in [5.41, 5.74) is -0.900. The number of aromatic hydroxyl groups is 1. The van der Waals surface area contributed by atoms with E-state index in [1.54, 1.807) is 24.1 Å². The lowest BCUT2D eigenvalue weighted by Gasteiger charge is -2.48. The number of aromatic nitrogens is 2. The van der Waals surface area contributed by atoms with Crippen LogP contribution in [0.1, 0.15) is 37.9 Å². The summed E-state index contributed by atoms with van der Waals surface area (Å²) >= 11 is 0. The number of benzene rings is 2. The Hall–Kier alpha value is -4.80. The summed E-state index contributed by atoms with van der Waals surface area (Å²) in [7, 11) is 0. The molecular formula is C33H31F3N4O4. The fourth-order valence-electron chi connectivity index (χ4n) is 6.40. The van der Waals surface area contributed by atoms with Crippen LogP contribution in [-0.2, 0) is 4.79 Å². The lowest BCUT2D eigenvalue weighted by molar-refractivity contribution is -0.129. The van der Waals surface area contributed by atoms with Gasteiger partial charge in [-0.1, -0.05) is 26.5 Å². The van der Waals surface area contributed by atoms with Gasteiger partial charge in [-0.3, -0.25) is 19.1 Å². The third kappa shape index (κ3) is 4.32. The van der Waals surface area contributed by atoms with E-state index in [9.17, 15) is 14.7 Å². The van der Waals surface area contributed by atoms with Crippen molar-refractivity contribution in [2.24, 2.45) is 0 Å². The maximum atomic E-state index is 17.0. The average molecular weight is 605 g/mol. The quantitative estimate of drug-likeness (QED) is 0.306. The van der Waals surface area contributed by atoms with Crippen LogP contribution in [0.15, 0.2) is 54.0 Å². The lowest BCUT2D eigenvalue weighted by atomic mass is 9.96. The molecule has 2 aromatic carbocycles. The number of phenolic OH excluding ortho intramolecular Hbond substituents is 1. The van der Waals surface area contributed by atoms with Gasteiger partial charge in [0, 0.05) is 30.7 Å². The molecule has 0 spiro atoms. The van der Waals surface area contributed by atoms with Gasteiger partial charge >= 0.3 is 0 Å². The van der Waals surface area contributed by atoms with Crippen LogP contribution in [0.4, 0.5) is 18.9 Å². The molecule has 8 nitrogen and oxygen atoms in total. The summed E-state index contributed by atoms with van der Waals surface area (Å²) in [4.78, 5) is 35.0. The summed E-state index contributed by atoms with van der Waals surface area (Å²) in [6, 6.07) is 5.33. The molecule has 0 saturated carbocycles. The zero-order valence-corrected chi connectivity index (χ0v) is 24.7. The normalized spacial score (nSPS) is 17.8. The van der Waals surface area contributed by atoms with Gasteiger partial charge in [0.2, 0.25) is 11.7 Å². The van der Waals surface area contributed by atoms with Crippen molar-refractivity contribution in [2.75, 3.05) is 24.6 Å².